The SMILES string of the molecule is CCCCc1ccc(COCCN(C)C)cc1. The van der Waals surface area contributed by atoms with Crippen molar-refractivity contribution in [3.8, 4) is 0 Å². The molecule has 2 nitrogen and oxygen atoms in total. The van der Waals surface area contributed by atoms with Crippen LogP contribution in [0.5, 0.6) is 0 Å². The van der Waals surface area contributed by atoms with Crippen molar-refractivity contribution in [2.75, 3.05) is 27.2 Å². The number of rotatable bonds is 8. The van der Waals surface area contributed by atoms with Crippen molar-refractivity contribution >= 4 is 0 Å². The molecule has 0 unspecified atom stereocenters. The van der Waals surface area contributed by atoms with E-state index in [1.807, 2.05) is 0 Å². The van der Waals surface area contributed by atoms with Gasteiger partial charge in [-0.05, 0) is 38.1 Å². The molecule has 0 atom stereocenters. The first-order valence-electron chi connectivity index (χ1n) is 6.52. The lowest BCUT2D eigenvalue weighted by Crippen LogP contribution is -2.17. The second-order valence-corrected chi connectivity index (χ2v) is 4.78. The summed E-state index contributed by atoms with van der Waals surface area (Å²) in [5, 5.41) is 0. The van der Waals surface area contributed by atoms with Gasteiger partial charge in [0.2, 0.25) is 0 Å². The fraction of sp³-hybridized carbons (Fsp3) is 0.600. The Balaban J connectivity index is 2.25. The fourth-order valence-corrected chi connectivity index (χ4v) is 1.62. The van der Waals surface area contributed by atoms with Crippen molar-refractivity contribution in [2.45, 2.75) is 32.8 Å². The standard InChI is InChI=1S/C15H25NO/c1-4-5-6-14-7-9-15(10-8-14)13-17-12-11-16(2)3/h7-10H,4-6,11-13H2,1-3H3. The Morgan fingerprint density at radius 2 is 1.71 bits per heavy atom. The predicted octanol–water partition coefficient (Wildman–Crippen LogP) is 3.11. The zero-order chi connectivity index (χ0) is 12.5. The van der Waals surface area contributed by atoms with E-state index < -0.39 is 0 Å². The van der Waals surface area contributed by atoms with Crippen molar-refractivity contribution < 1.29 is 4.74 Å². The number of ether oxygens (including phenoxy) is 1. The summed E-state index contributed by atoms with van der Waals surface area (Å²) in [6, 6.07) is 8.81. The van der Waals surface area contributed by atoms with E-state index in [0.717, 1.165) is 19.8 Å². The normalized spacial score (nSPS) is 11.1. The molecule has 2 heteroatoms. The monoisotopic (exact) mass is 235 g/mol. The van der Waals surface area contributed by atoms with Gasteiger partial charge in [0.25, 0.3) is 0 Å². The summed E-state index contributed by atoms with van der Waals surface area (Å²) in [6.07, 6.45) is 3.73. The molecule has 0 N–H and O–H groups in total. The van der Waals surface area contributed by atoms with Crippen LogP contribution >= 0.6 is 0 Å². The summed E-state index contributed by atoms with van der Waals surface area (Å²) in [6.45, 7) is 4.73. The second kappa shape index (κ2) is 8.26. The zero-order valence-corrected chi connectivity index (χ0v) is 11.4. The van der Waals surface area contributed by atoms with Gasteiger partial charge in [-0.1, -0.05) is 37.6 Å². The van der Waals surface area contributed by atoms with Crippen molar-refractivity contribution in [2.24, 2.45) is 0 Å². The Bertz CT molecular complexity index is 292. The van der Waals surface area contributed by atoms with Crippen LogP contribution in [0.3, 0.4) is 0 Å². The molecule has 0 radical (unpaired) electrons. The molecule has 0 amide bonds. The minimum absolute atomic E-state index is 0.724. The molecule has 0 bridgehead atoms. The quantitative estimate of drug-likeness (QED) is 0.642. The summed E-state index contributed by atoms with van der Waals surface area (Å²) in [7, 11) is 4.12. The molecule has 0 spiro atoms. The van der Waals surface area contributed by atoms with Gasteiger partial charge < -0.3 is 9.64 Å². The van der Waals surface area contributed by atoms with Gasteiger partial charge in [0, 0.05) is 6.54 Å². The van der Waals surface area contributed by atoms with Crippen molar-refractivity contribution in [3.05, 3.63) is 35.4 Å². The van der Waals surface area contributed by atoms with E-state index in [-0.39, 0.29) is 0 Å². The molecule has 0 aliphatic rings. The molecular weight excluding hydrogens is 210 g/mol. The van der Waals surface area contributed by atoms with E-state index in [0.29, 0.717) is 0 Å². The molecule has 0 fully saturated rings. The number of aryl methyl sites for hydroxylation is 1. The van der Waals surface area contributed by atoms with Gasteiger partial charge in [-0.15, -0.1) is 0 Å². The van der Waals surface area contributed by atoms with Gasteiger partial charge in [-0.2, -0.15) is 0 Å². The molecule has 0 saturated carbocycles. The molecule has 0 saturated heterocycles. The first-order valence-corrected chi connectivity index (χ1v) is 6.52. The molecule has 0 aliphatic carbocycles. The number of likely N-dealkylation sites (N-methyl/N-ethyl adjacent to an activating group) is 1. The Morgan fingerprint density at radius 1 is 1.06 bits per heavy atom. The molecule has 0 heterocycles. The molecule has 1 aromatic rings. The lowest BCUT2D eigenvalue weighted by molar-refractivity contribution is 0.105. The lowest BCUT2D eigenvalue weighted by atomic mass is 10.1. The third-order valence-electron chi connectivity index (χ3n) is 2.79. The van der Waals surface area contributed by atoms with Gasteiger partial charge in [-0.3, -0.25) is 0 Å². The Hall–Kier alpha value is -0.860. The van der Waals surface area contributed by atoms with Crippen LogP contribution in [0.2, 0.25) is 0 Å². The second-order valence-electron chi connectivity index (χ2n) is 4.78. The topological polar surface area (TPSA) is 12.5 Å². The van der Waals surface area contributed by atoms with Crippen molar-refractivity contribution in [1.29, 1.82) is 0 Å². The van der Waals surface area contributed by atoms with Crippen LogP contribution < -0.4 is 0 Å². The van der Waals surface area contributed by atoms with Gasteiger partial charge in [0.1, 0.15) is 0 Å². The van der Waals surface area contributed by atoms with Crippen LogP contribution in [0.25, 0.3) is 0 Å². The number of hydrogen-bond donors (Lipinski definition) is 0. The van der Waals surface area contributed by atoms with E-state index in [9.17, 15) is 0 Å². The first-order chi connectivity index (χ1) is 8.22. The molecule has 96 valence electrons. The zero-order valence-electron chi connectivity index (χ0n) is 11.4. The van der Waals surface area contributed by atoms with Crippen LogP contribution in [0, 0.1) is 0 Å². The van der Waals surface area contributed by atoms with Crippen molar-refractivity contribution in [1.82, 2.24) is 4.90 Å². The highest BCUT2D eigenvalue weighted by Crippen LogP contribution is 2.08. The van der Waals surface area contributed by atoms with E-state index in [2.05, 4.69) is 50.2 Å². The lowest BCUT2D eigenvalue weighted by Gasteiger charge is -2.10. The van der Waals surface area contributed by atoms with E-state index in [1.54, 1.807) is 0 Å². The molecule has 1 aromatic carbocycles. The molecule has 17 heavy (non-hydrogen) atoms. The van der Waals surface area contributed by atoms with Crippen LogP contribution in [0.4, 0.5) is 0 Å². The summed E-state index contributed by atoms with van der Waals surface area (Å²) in [5.74, 6) is 0. The number of unbranched alkanes of at least 4 members (excludes halogenated alkanes) is 1. The average molecular weight is 235 g/mol. The average Bonchev–Trinajstić information content (AvgIpc) is 2.33. The molecular formula is C15H25NO. The fourth-order valence-electron chi connectivity index (χ4n) is 1.62. The molecule has 1 rings (SSSR count). The summed E-state index contributed by atoms with van der Waals surface area (Å²) < 4.78 is 5.61. The van der Waals surface area contributed by atoms with Gasteiger partial charge in [0.05, 0.1) is 13.2 Å². The van der Waals surface area contributed by atoms with Gasteiger partial charge in [-0.25, -0.2) is 0 Å². The largest absolute Gasteiger partial charge is 0.375 e. The molecule has 0 aromatic heterocycles. The third kappa shape index (κ3) is 6.44. The van der Waals surface area contributed by atoms with Crippen molar-refractivity contribution in [3.63, 3.8) is 0 Å². The number of nitrogens with zero attached hydrogens (tertiary/aromatic N) is 1. The van der Waals surface area contributed by atoms with E-state index >= 15 is 0 Å². The third-order valence-corrected chi connectivity index (χ3v) is 2.79. The van der Waals surface area contributed by atoms with Crippen LogP contribution in [-0.4, -0.2) is 32.1 Å². The number of benzene rings is 1. The summed E-state index contributed by atoms with van der Waals surface area (Å²) in [4.78, 5) is 2.13. The van der Waals surface area contributed by atoms with Gasteiger partial charge >= 0.3 is 0 Å². The Kier molecular flexibility index (Phi) is 6.90. The predicted molar refractivity (Wildman–Crippen MR) is 73.3 cm³/mol. The first kappa shape index (κ1) is 14.2. The maximum atomic E-state index is 5.61. The minimum atomic E-state index is 0.724. The summed E-state index contributed by atoms with van der Waals surface area (Å²) in [5.41, 5.74) is 2.70. The molecule has 0 aliphatic heterocycles. The van der Waals surface area contributed by atoms with Crippen LogP contribution in [0.15, 0.2) is 24.3 Å². The highest BCUT2D eigenvalue weighted by atomic mass is 16.5. The minimum Gasteiger partial charge on any atom is -0.375 e. The maximum Gasteiger partial charge on any atom is 0.0717 e. The maximum absolute atomic E-state index is 5.61. The van der Waals surface area contributed by atoms with Gasteiger partial charge in [0.15, 0.2) is 0 Å². The smallest absolute Gasteiger partial charge is 0.0717 e. The number of hydrogen-bond acceptors (Lipinski definition) is 2. The van der Waals surface area contributed by atoms with Crippen LogP contribution in [0.1, 0.15) is 30.9 Å². The summed E-state index contributed by atoms with van der Waals surface area (Å²) >= 11 is 0. The Morgan fingerprint density at radius 3 is 2.29 bits per heavy atom. The van der Waals surface area contributed by atoms with E-state index in [1.165, 1.54) is 30.4 Å². The highest BCUT2D eigenvalue weighted by molar-refractivity contribution is 5.22. The van der Waals surface area contributed by atoms with E-state index in [4.69, 9.17) is 4.74 Å². The Labute approximate surface area is 106 Å². The van der Waals surface area contributed by atoms with Crippen LogP contribution in [-0.2, 0) is 17.8 Å². The highest BCUT2D eigenvalue weighted by Gasteiger charge is 1.96.